The van der Waals surface area contributed by atoms with Crippen LogP contribution in [-0.4, -0.2) is 22.5 Å². The average Bonchev–Trinajstić information content (AvgIpc) is 2.53. The maximum Gasteiger partial charge on any atom is 0.306 e. The number of carbonyl (C=O) groups is 1. The third-order valence-electron chi connectivity index (χ3n) is 3.03. The van der Waals surface area contributed by atoms with Gasteiger partial charge in [0.2, 0.25) is 0 Å². The lowest BCUT2D eigenvalue weighted by molar-refractivity contribution is -0.143. The van der Waals surface area contributed by atoms with Gasteiger partial charge in [-0.05, 0) is 25.0 Å². The second-order valence-electron chi connectivity index (χ2n) is 4.69. The first-order valence-electron chi connectivity index (χ1n) is 7.20. The quantitative estimate of drug-likeness (QED) is 0.570. The maximum atomic E-state index is 11.4. The third kappa shape index (κ3) is 5.34. The van der Waals surface area contributed by atoms with E-state index in [0.717, 1.165) is 5.56 Å². The number of hydrogen-bond donors (Lipinski definition) is 0. The summed E-state index contributed by atoms with van der Waals surface area (Å²) in [5, 5.41) is 0.504. The minimum Gasteiger partial charge on any atom is -0.466 e. The van der Waals surface area contributed by atoms with Gasteiger partial charge in [0.25, 0.3) is 0 Å². The van der Waals surface area contributed by atoms with Crippen molar-refractivity contribution < 1.29 is 9.53 Å². The zero-order chi connectivity index (χ0) is 16.7. The molecule has 0 aliphatic carbocycles. The van der Waals surface area contributed by atoms with E-state index in [0.29, 0.717) is 24.4 Å². The fourth-order valence-electron chi connectivity index (χ4n) is 1.92. The number of hydrogen-bond acceptors (Lipinski definition) is 4. The Hall–Kier alpha value is -1.91. The summed E-state index contributed by atoms with van der Waals surface area (Å²) in [6.07, 6.45) is 4.15. The molecule has 23 heavy (non-hydrogen) atoms. The minimum absolute atomic E-state index is 0.190. The summed E-state index contributed by atoms with van der Waals surface area (Å²) in [6.45, 7) is 2.11. The van der Waals surface area contributed by atoms with Gasteiger partial charge in [-0.15, -0.1) is 0 Å². The Bertz CT molecular complexity index is 680. The molecule has 0 radical (unpaired) electrons. The Balaban J connectivity index is 2.10. The number of benzene rings is 1. The van der Waals surface area contributed by atoms with E-state index < -0.39 is 0 Å². The minimum atomic E-state index is -0.298. The summed E-state index contributed by atoms with van der Waals surface area (Å²) in [5.74, 6) is 0.122. The number of rotatable bonds is 6. The topological polar surface area (TPSA) is 52.1 Å². The van der Waals surface area contributed by atoms with Crippen molar-refractivity contribution in [2.24, 2.45) is 0 Å². The fraction of sp³-hybridized carbons (Fsp3) is 0.235. The maximum absolute atomic E-state index is 11.4. The lowest BCUT2D eigenvalue weighted by atomic mass is 10.2. The lowest BCUT2D eigenvalue weighted by Crippen LogP contribution is -2.07. The summed E-state index contributed by atoms with van der Waals surface area (Å²) in [5.41, 5.74) is 1.58. The molecule has 120 valence electrons. The van der Waals surface area contributed by atoms with Crippen LogP contribution in [0, 0.1) is 0 Å². The molecule has 0 amide bonds. The van der Waals surface area contributed by atoms with Crippen LogP contribution in [-0.2, 0) is 16.0 Å². The van der Waals surface area contributed by atoms with Gasteiger partial charge in [-0.1, -0.05) is 59.6 Å². The van der Waals surface area contributed by atoms with Crippen molar-refractivity contribution in [2.45, 2.75) is 19.8 Å². The van der Waals surface area contributed by atoms with E-state index in [-0.39, 0.29) is 22.7 Å². The highest BCUT2D eigenvalue weighted by Crippen LogP contribution is 2.23. The van der Waals surface area contributed by atoms with Crippen LogP contribution in [0.25, 0.3) is 12.2 Å². The molecule has 2 aromatic rings. The van der Waals surface area contributed by atoms with Crippen molar-refractivity contribution in [3.8, 4) is 0 Å². The summed E-state index contributed by atoms with van der Waals surface area (Å²) >= 11 is 12.3. The fourth-order valence-corrected chi connectivity index (χ4v) is 2.51. The summed E-state index contributed by atoms with van der Waals surface area (Å²) < 4.78 is 4.88. The Morgan fingerprint density at radius 1 is 1.13 bits per heavy atom. The van der Waals surface area contributed by atoms with Crippen molar-refractivity contribution >= 4 is 41.3 Å². The molecule has 0 bridgehead atoms. The van der Waals surface area contributed by atoms with E-state index in [1.165, 1.54) is 0 Å². The van der Waals surface area contributed by atoms with E-state index in [9.17, 15) is 4.79 Å². The molecule has 0 saturated carbocycles. The molecule has 0 unspecified atom stereocenters. The summed E-state index contributed by atoms with van der Waals surface area (Å²) in [7, 11) is 0. The molecule has 0 saturated heterocycles. The smallest absolute Gasteiger partial charge is 0.306 e. The lowest BCUT2D eigenvalue weighted by Gasteiger charge is -2.06. The average molecular weight is 351 g/mol. The molecule has 0 atom stereocenters. The van der Waals surface area contributed by atoms with Crippen LogP contribution in [0.15, 0.2) is 30.3 Å². The van der Waals surface area contributed by atoms with E-state index in [2.05, 4.69) is 9.97 Å². The largest absolute Gasteiger partial charge is 0.466 e. The molecule has 0 N–H and O–H groups in total. The summed E-state index contributed by atoms with van der Waals surface area (Å²) in [4.78, 5) is 19.8. The first-order chi connectivity index (χ1) is 11.1. The number of carbonyl (C=O) groups excluding carboxylic acids is 1. The van der Waals surface area contributed by atoms with Crippen LogP contribution in [0.5, 0.6) is 0 Å². The number of ether oxygens (including phenoxy) is 1. The molecular formula is C17H16Cl2N2O2. The van der Waals surface area contributed by atoms with Gasteiger partial charge in [0.1, 0.15) is 10.3 Å². The monoisotopic (exact) mass is 350 g/mol. The molecule has 0 spiro atoms. The molecule has 1 aromatic carbocycles. The van der Waals surface area contributed by atoms with Crippen LogP contribution in [0.1, 0.15) is 30.3 Å². The molecule has 1 heterocycles. The van der Waals surface area contributed by atoms with Crippen LogP contribution in [0.3, 0.4) is 0 Å². The molecule has 0 aliphatic rings. The number of nitrogens with zero attached hydrogens (tertiary/aromatic N) is 2. The number of halogens is 2. The van der Waals surface area contributed by atoms with E-state index in [1.54, 1.807) is 13.0 Å². The zero-order valence-corrected chi connectivity index (χ0v) is 14.1. The summed E-state index contributed by atoms with van der Waals surface area (Å²) in [6, 6.07) is 9.76. The first kappa shape index (κ1) is 17.4. The third-order valence-corrected chi connectivity index (χ3v) is 3.66. The molecule has 6 heteroatoms. The SMILES string of the molecule is CCOC(=O)CCc1c(Cl)nc(/C=C/c2ccccc2)nc1Cl. The molecule has 1 aromatic heterocycles. The predicted octanol–water partition coefficient (Wildman–Crippen LogP) is 4.45. The second kappa shape index (κ2) is 8.65. The van der Waals surface area contributed by atoms with Crippen LogP contribution < -0.4 is 0 Å². The molecule has 0 fully saturated rings. The van der Waals surface area contributed by atoms with Crippen molar-refractivity contribution in [1.29, 1.82) is 0 Å². The van der Waals surface area contributed by atoms with Gasteiger partial charge in [-0.3, -0.25) is 4.79 Å². The Morgan fingerprint density at radius 3 is 2.39 bits per heavy atom. The van der Waals surface area contributed by atoms with E-state index >= 15 is 0 Å². The highest BCUT2D eigenvalue weighted by Gasteiger charge is 2.13. The number of aromatic nitrogens is 2. The second-order valence-corrected chi connectivity index (χ2v) is 5.41. The van der Waals surface area contributed by atoms with Crippen LogP contribution >= 0.6 is 23.2 Å². The highest BCUT2D eigenvalue weighted by atomic mass is 35.5. The Labute approximate surface area is 145 Å². The van der Waals surface area contributed by atoms with Crippen molar-refractivity contribution in [3.63, 3.8) is 0 Å². The van der Waals surface area contributed by atoms with Crippen molar-refractivity contribution in [2.75, 3.05) is 6.61 Å². The van der Waals surface area contributed by atoms with Gasteiger partial charge < -0.3 is 4.74 Å². The standard InChI is InChI=1S/C17H16Cl2N2O2/c1-2-23-15(22)11-9-13-16(18)20-14(21-17(13)19)10-8-12-6-4-3-5-7-12/h3-8,10H,2,9,11H2,1H3/b10-8+. The van der Waals surface area contributed by atoms with Crippen molar-refractivity contribution in [1.82, 2.24) is 9.97 Å². The van der Waals surface area contributed by atoms with Crippen molar-refractivity contribution in [3.05, 3.63) is 57.6 Å². The number of esters is 1. The van der Waals surface area contributed by atoms with Gasteiger partial charge in [0.15, 0.2) is 5.82 Å². The van der Waals surface area contributed by atoms with Gasteiger partial charge in [-0.2, -0.15) is 0 Å². The normalized spacial score (nSPS) is 10.9. The van der Waals surface area contributed by atoms with Crippen LogP contribution in [0.4, 0.5) is 0 Å². The molecule has 4 nitrogen and oxygen atoms in total. The molecule has 0 aliphatic heterocycles. The van der Waals surface area contributed by atoms with Gasteiger partial charge in [0, 0.05) is 12.0 Å². The van der Waals surface area contributed by atoms with Crippen LogP contribution in [0.2, 0.25) is 10.3 Å². The van der Waals surface area contributed by atoms with Gasteiger partial charge in [0.05, 0.1) is 6.61 Å². The molecule has 2 rings (SSSR count). The molecular weight excluding hydrogens is 335 g/mol. The van der Waals surface area contributed by atoms with Gasteiger partial charge >= 0.3 is 5.97 Å². The zero-order valence-electron chi connectivity index (χ0n) is 12.6. The first-order valence-corrected chi connectivity index (χ1v) is 7.96. The predicted molar refractivity (Wildman–Crippen MR) is 92.4 cm³/mol. The Morgan fingerprint density at radius 2 is 1.78 bits per heavy atom. The van der Waals surface area contributed by atoms with E-state index in [1.807, 2.05) is 36.4 Å². The van der Waals surface area contributed by atoms with E-state index in [4.69, 9.17) is 27.9 Å². The Kier molecular flexibility index (Phi) is 6.56. The highest BCUT2D eigenvalue weighted by molar-refractivity contribution is 6.34. The van der Waals surface area contributed by atoms with Gasteiger partial charge in [-0.25, -0.2) is 9.97 Å².